The van der Waals surface area contributed by atoms with Gasteiger partial charge in [0, 0.05) is 18.2 Å². The summed E-state index contributed by atoms with van der Waals surface area (Å²) in [5, 5.41) is 0.128. The smallest absolute Gasteiger partial charge is 0.309 e. The van der Waals surface area contributed by atoms with Crippen molar-refractivity contribution in [1.29, 1.82) is 0 Å². The van der Waals surface area contributed by atoms with Gasteiger partial charge in [-0.2, -0.15) is 11.8 Å². The standard InChI is InChI=1S/C19H28N2O4S2/c1-4-24-19(23)16-9-15(16)18-21(17(22)12-27-18)7-8-26-11-14-6-5-13(25-14)10-20(2)3/h5-6,15-16,18H,4,7-12H2,1-3H3. The van der Waals surface area contributed by atoms with E-state index in [2.05, 4.69) is 4.90 Å². The fourth-order valence-electron chi connectivity index (χ4n) is 3.36. The second kappa shape index (κ2) is 9.39. The molecule has 1 aliphatic heterocycles. The molecule has 1 aliphatic carbocycles. The molecule has 0 spiro atoms. The number of amides is 1. The summed E-state index contributed by atoms with van der Waals surface area (Å²) in [5.41, 5.74) is 0. The van der Waals surface area contributed by atoms with Crippen LogP contribution in [0.25, 0.3) is 0 Å². The van der Waals surface area contributed by atoms with Crippen molar-refractivity contribution in [2.45, 2.75) is 31.0 Å². The summed E-state index contributed by atoms with van der Waals surface area (Å²) in [6, 6.07) is 4.05. The fraction of sp³-hybridized carbons (Fsp3) is 0.684. The Bertz CT molecular complexity index is 664. The number of thioether (sulfide) groups is 2. The normalized spacial score (nSPS) is 24.7. The molecule has 2 heterocycles. The van der Waals surface area contributed by atoms with Crippen LogP contribution in [0.15, 0.2) is 16.5 Å². The van der Waals surface area contributed by atoms with Gasteiger partial charge in [0.1, 0.15) is 11.5 Å². The average Bonchev–Trinajstić information content (AvgIpc) is 3.16. The van der Waals surface area contributed by atoms with Gasteiger partial charge in [0.15, 0.2) is 0 Å². The number of ether oxygens (including phenoxy) is 1. The van der Waals surface area contributed by atoms with Crippen molar-refractivity contribution in [3.8, 4) is 0 Å². The van der Waals surface area contributed by atoms with Crippen molar-refractivity contribution in [3.63, 3.8) is 0 Å². The van der Waals surface area contributed by atoms with Gasteiger partial charge in [-0.05, 0) is 39.6 Å². The van der Waals surface area contributed by atoms with Crippen LogP contribution in [0, 0.1) is 11.8 Å². The summed E-state index contributed by atoms with van der Waals surface area (Å²) in [4.78, 5) is 28.2. The van der Waals surface area contributed by atoms with Crippen LogP contribution in [0.2, 0.25) is 0 Å². The third-order valence-corrected chi connectivity index (χ3v) is 7.03. The van der Waals surface area contributed by atoms with Crippen LogP contribution in [0.1, 0.15) is 24.9 Å². The number of rotatable bonds is 10. The van der Waals surface area contributed by atoms with Gasteiger partial charge in [-0.15, -0.1) is 11.8 Å². The minimum atomic E-state index is -0.108. The van der Waals surface area contributed by atoms with E-state index in [9.17, 15) is 9.59 Å². The van der Waals surface area contributed by atoms with Crippen molar-refractivity contribution in [3.05, 3.63) is 23.7 Å². The van der Waals surface area contributed by atoms with Crippen LogP contribution in [-0.4, -0.2) is 65.8 Å². The Labute approximate surface area is 169 Å². The number of carbonyl (C=O) groups excluding carboxylic acids is 2. The van der Waals surface area contributed by atoms with Gasteiger partial charge < -0.3 is 19.0 Å². The van der Waals surface area contributed by atoms with Crippen LogP contribution in [0.3, 0.4) is 0 Å². The monoisotopic (exact) mass is 412 g/mol. The number of hydrogen-bond donors (Lipinski definition) is 0. The van der Waals surface area contributed by atoms with Gasteiger partial charge in [-0.3, -0.25) is 9.59 Å². The topological polar surface area (TPSA) is 63.0 Å². The molecule has 2 fully saturated rings. The lowest BCUT2D eigenvalue weighted by Gasteiger charge is -2.23. The van der Waals surface area contributed by atoms with E-state index in [1.54, 1.807) is 23.5 Å². The van der Waals surface area contributed by atoms with E-state index >= 15 is 0 Å². The Hall–Kier alpha value is -1.12. The molecule has 0 radical (unpaired) electrons. The highest BCUT2D eigenvalue weighted by molar-refractivity contribution is 8.01. The SMILES string of the molecule is CCOC(=O)C1CC1C1SCC(=O)N1CCSCc1ccc(CN(C)C)o1. The number of nitrogens with zero attached hydrogens (tertiary/aromatic N) is 2. The molecule has 3 atom stereocenters. The summed E-state index contributed by atoms with van der Waals surface area (Å²) in [5.74, 6) is 4.44. The molecule has 1 saturated heterocycles. The molecule has 0 N–H and O–H groups in total. The number of esters is 1. The van der Waals surface area contributed by atoms with Crippen LogP contribution < -0.4 is 0 Å². The molecule has 1 aromatic rings. The largest absolute Gasteiger partial charge is 0.466 e. The third-order valence-electron chi connectivity index (χ3n) is 4.71. The predicted molar refractivity (Wildman–Crippen MR) is 108 cm³/mol. The summed E-state index contributed by atoms with van der Waals surface area (Å²) in [6.07, 6.45) is 0.842. The predicted octanol–water partition coefficient (Wildman–Crippen LogP) is 2.68. The zero-order valence-electron chi connectivity index (χ0n) is 16.2. The lowest BCUT2D eigenvalue weighted by atomic mass is 10.3. The van der Waals surface area contributed by atoms with Crippen molar-refractivity contribution < 1.29 is 18.7 Å². The van der Waals surface area contributed by atoms with E-state index in [-0.39, 0.29) is 29.1 Å². The number of hydrogen-bond acceptors (Lipinski definition) is 7. The van der Waals surface area contributed by atoms with Crippen molar-refractivity contribution in [2.75, 3.05) is 38.8 Å². The molecule has 0 aromatic carbocycles. The summed E-state index contributed by atoms with van der Waals surface area (Å²) < 4.78 is 10.9. The third kappa shape index (κ3) is 5.45. The lowest BCUT2D eigenvalue weighted by Crippen LogP contribution is -2.36. The van der Waals surface area contributed by atoms with Gasteiger partial charge in [0.05, 0.1) is 35.9 Å². The first-order valence-corrected chi connectivity index (χ1v) is 11.6. The van der Waals surface area contributed by atoms with E-state index < -0.39 is 0 Å². The van der Waals surface area contributed by atoms with Crippen LogP contribution in [-0.2, 0) is 26.6 Å². The molecule has 3 unspecified atom stereocenters. The second-order valence-corrected chi connectivity index (χ2v) is 9.42. The van der Waals surface area contributed by atoms with E-state index in [0.717, 1.165) is 42.5 Å². The Balaban J connectivity index is 1.42. The minimum absolute atomic E-state index is 0.0262. The van der Waals surface area contributed by atoms with Crippen molar-refractivity contribution in [2.24, 2.45) is 11.8 Å². The van der Waals surface area contributed by atoms with Crippen LogP contribution in [0.4, 0.5) is 0 Å². The van der Waals surface area contributed by atoms with Crippen LogP contribution in [0.5, 0.6) is 0 Å². The van der Waals surface area contributed by atoms with E-state index in [4.69, 9.17) is 9.15 Å². The molecular weight excluding hydrogens is 384 g/mol. The maximum atomic E-state index is 12.2. The van der Waals surface area contributed by atoms with Gasteiger partial charge in [-0.25, -0.2) is 0 Å². The molecule has 0 bridgehead atoms. The van der Waals surface area contributed by atoms with Crippen molar-refractivity contribution >= 4 is 35.4 Å². The summed E-state index contributed by atoms with van der Waals surface area (Å²) in [6.45, 7) is 3.77. The first-order valence-electron chi connectivity index (χ1n) is 9.37. The summed E-state index contributed by atoms with van der Waals surface area (Å²) in [7, 11) is 4.04. The maximum absolute atomic E-state index is 12.2. The fourth-order valence-corrected chi connectivity index (χ4v) is 5.62. The average molecular weight is 413 g/mol. The van der Waals surface area contributed by atoms with Crippen LogP contribution >= 0.6 is 23.5 Å². The molecular formula is C19H28N2O4S2. The Morgan fingerprint density at radius 1 is 1.41 bits per heavy atom. The zero-order chi connectivity index (χ0) is 19.4. The van der Waals surface area contributed by atoms with Gasteiger partial charge in [-0.1, -0.05) is 0 Å². The highest BCUT2D eigenvalue weighted by Crippen LogP contribution is 2.49. The second-order valence-electron chi connectivity index (χ2n) is 7.21. The van der Waals surface area contributed by atoms with Gasteiger partial charge in [0.25, 0.3) is 0 Å². The molecule has 27 heavy (non-hydrogen) atoms. The van der Waals surface area contributed by atoms with E-state index in [0.29, 0.717) is 12.4 Å². The Kier molecular flexibility index (Phi) is 7.16. The minimum Gasteiger partial charge on any atom is -0.466 e. The molecule has 150 valence electrons. The molecule has 1 amide bonds. The zero-order valence-corrected chi connectivity index (χ0v) is 17.8. The summed E-state index contributed by atoms with van der Waals surface area (Å²) >= 11 is 3.44. The highest BCUT2D eigenvalue weighted by atomic mass is 32.2. The van der Waals surface area contributed by atoms with E-state index in [1.165, 1.54) is 0 Å². The maximum Gasteiger partial charge on any atom is 0.309 e. The van der Waals surface area contributed by atoms with Crippen molar-refractivity contribution in [1.82, 2.24) is 9.80 Å². The lowest BCUT2D eigenvalue weighted by molar-refractivity contribution is -0.145. The molecule has 1 aromatic heterocycles. The first-order chi connectivity index (χ1) is 13.0. The highest BCUT2D eigenvalue weighted by Gasteiger charge is 2.53. The number of furan rings is 1. The molecule has 3 rings (SSSR count). The molecule has 1 saturated carbocycles. The Morgan fingerprint density at radius 3 is 2.93 bits per heavy atom. The molecule has 8 heteroatoms. The quantitative estimate of drug-likeness (QED) is 0.432. The molecule has 6 nitrogen and oxygen atoms in total. The van der Waals surface area contributed by atoms with Gasteiger partial charge in [0.2, 0.25) is 5.91 Å². The molecule has 2 aliphatic rings. The Morgan fingerprint density at radius 2 is 2.19 bits per heavy atom. The van der Waals surface area contributed by atoms with E-state index in [1.807, 2.05) is 38.1 Å². The first kappa shape index (κ1) is 20.6. The number of carbonyl (C=O) groups is 2. The van der Waals surface area contributed by atoms with Gasteiger partial charge >= 0.3 is 5.97 Å².